The summed E-state index contributed by atoms with van der Waals surface area (Å²) < 4.78 is 5.43. The zero-order valence-electron chi connectivity index (χ0n) is 10.5. The summed E-state index contributed by atoms with van der Waals surface area (Å²) in [6, 6.07) is 3.53. The lowest BCUT2D eigenvalue weighted by molar-refractivity contribution is -0.143. The molecule has 0 aromatic carbocycles. The molecule has 1 unspecified atom stereocenters. The van der Waals surface area contributed by atoms with Crippen molar-refractivity contribution in [2.24, 2.45) is 11.3 Å². The van der Waals surface area contributed by atoms with Crippen molar-refractivity contribution < 1.29 is 14.6 Å². The maximum absolute atomic E-state index is 11.1. The van der Waals surface area contributed by atoms with Crippen LogP contribution in [-0.4, -0.2) is 22.7 Å². The van der Waals surface area contributed by atoms with E-state index < -0.39 is 11.9 Å². The molecule has 1 N–H and O–H groups in total. The lowest BCUT2D eigenvalue weighted by Gasteiger charge is -2.23. The normalized spacial score (nSPS) is 13.1. The minimum absolute atomic E-state index is 0.0264. The minimum Gasteiger partial charge on any atom is -0.491 e. The Bertz CT molecular complexity index is 357. The molecule has 1 aromatic heterocycles. The molecule has 0 spiro atoms. The van der Waals surface area contributed by atoms with Crippen LogP contribution in [0.5, 0.6) is 5.75 Å². The van der Waals surface area contributed by atoms with Gasteiger partial charge in [-0.2, -0.15) is 0 Å². The van der Waals surface area contributed by atoms with Gasteiger partial charge in [0.15, 0.2) is 0 Å². The first kappa shape index (κ1) is 13.5. The molecule has 0 radical (unpaired) electrons. The van der Waals surface area contributed by atoms with Gasteiger partial charge in [-0.1, -0.05) is 20.8 Å². The molecule has 1 heterocycles. The number of aliphatic carboxylic acids is 1. The maximum atomic E-state index is 11.1. The van der Waals surface area contributed by atoms with Crippen LogP contribution in [-0.2, 0) is 4.79 Å². The summed E-state index contributed by atoms with van der Waals surface area (Å²) in [6.45, 7) is 6.24. The van der Waals surface area contributed by atoms with E-state index in [9.17, 15) is 4.79 Å². The molecule has 0 fully saturated rings. The molecule has 0 aliphatic heterocycles. The van der Waals surface area contributed by atoms with Crippen LogP contribution in [0.1, 0.15) is 27.2 Å². The number of carboxylic acids is 1. The average Bonchev–Trinajstić information content (AvgIpc) is 2.24. The summed E-state index contributed by atoms with van der Waals surface area (Å²) in [5.41, 5.74) is -0.0264. The number of hydrogen-bond donors (Lipinski definition) is 1. The van der Waals surface area contributed by atoms with Gasteiger partial charge in [0.2, 0.25) is 0 Å². The molecule has 1 atom stereocenters. The molecule has 0 aliphatic carbocycles. The standard InChI is InChI=1S/C13H19NO3/c1-13(2,3)7-10(12(15)16)9-17-11-5-4-6-14-8-11/h4-6,8,10H,7,9H2,1-3H3,(H,15,16). The molecular formula is C13H19NO3. The first-order valence-corrected chi connectivity index (χ1v) is 5.64. The summed E-state index contributed by atoms with van der Waals surface area (Å²) >= 11 is 0. The summed E-state index contributed by atoms with van der Waals surface area (Å²) in [7, 11) is 0. The van der Waals surface area contributed by atoms with Crippen LogP contribution in [0.4, 0.5) is 0 Å². The molecule has 0 bridgehead atoms. The van der Waals surface area contributed by atoms with Gasteiger partial charge in [-0.3, -0.25) is 9.78 Å². The number of ether oxygens (including phenoxy) is 1. The summed E-state index contributed by atoms with van der Waals surface area (Å²) in [6.07, 6.45) is 3.81. The molecule has 0 aliphatic rings. The lowest BCUT2D eigenvalue weighted by atomic mass is 9.85. The van der Waals surface area contributed by atoms with E-state index in [4.69, 9.17) is 9.84 Å². The van der Waals surface area contributed by atoms with E-state index in [1.807, 2.05) is 20.8 Å². The van der Waals surface area contributed by atoms with Gasteiger partial charge in [0.25, 0.3) is 0 Å². The van der Waals surface area contributed by atoms with Crippen molar-refractivity contribution in [3.63, 3.8) is 0 Å². The van der Waals surface area contributed by atoms with Crippen molar-refractivity contribution in [2.45, 2.75) is 27.2 Å². The predicted octanol–water partition coefficient (Wildman–Crippen LogP) is 2.60. The molecule has 1 aromatic rings. The largest absolute Gasteiger partial charge is 0.491 e. The number of pyridine rings is 1. The van der Waals surface area contributed by atoms with Gasteiger partial charge in [0.05, 0.1) is 12.1 Å². The van der Waals surface area contributed by atoms with E-state index in [-0.39, 0.29) is 12.0 Å². The van der Waals surface area contributed by atoms with E-state index in [0.717, 1.165) is 0 Å². The summed E-state index contributed by atoms with van der Waals surface area (Å²) in [5, 5.41) is 9.12. The molecule has 94 valence electrons. The van der Waals surface area contributed by atoms with Crippen molar-refractivity contribution >= 4 is 5.97 Å². The highest BCUT2D eigenvalue weighted by Crippen LogP contribution is 2.25. The summed E-state index contributed by atoms with van der Waals surface area (Å²) in [5.74, 6) is -0.702. The topological polar surface area (TPSA) is 59.4 Å². The third kappa shape index (κ3) is 5.33. The molecule has 0 saturated carbocycles. The molecule has 1 rings (SSSR count). The molecular weight excluding hydrogens is 218 g/mol. The Labute approximate surface area is 102 Å². The Morgan fingerprint density at radius 2 is 2.24 bits per heavy atom. The number of aromatic nitrogens is 1. The highest BCUT2D eigenvalue weighted by atomic mass is 16.5. The fourth-order valence-corrected chi connectivity index (χ4v) is 1.59. The van der Waals surface area contributed by atoms with Crippen LogP contribution in [0, 0.1) is 11.3 Å². The average molecular weight is 237 g/mol. The Morgan fingerprint density at radius 1 is 1.53 bits per heavy atom. The molecule has 4 nitrogen and oxygen atoms in total. The second kappa shape index (κ2) is 5.66. The van der Waals surface area contributed by atoms with Gasteiger partial charge in [-0.05, 0) is 24.0 Å². The third-order valence-corrected chi connectivity index (χ3v) is 2.29. The van der Waals surface area contributed by atoms with E-state index in [2.05, 4.69) is 4.98 Å². The number of carbonyl (C=O) groups is 1. The smallest absolute Gasteiger partial charge is 0.309 e. The zero-order valence-corrected chi connectivity index (χ0v) is 10.5. The SMILES string of the molecule is CC(C)(C)CC(COc1cccnc1)C(=O)O. The lowest BCUT2D eigenvalue weighted by Crippen LogP contribution is -2.26. The second-order valence-electron chi connectivity index (χ2n) is 5.30. The Kier molecular flexibility index (Phi) is 4.49. The van der Waals surface area contributed by atoms with Gasteiger partial charge in [-0.25, -0.2) is 0 Å². The van der Waals surface area contributed by atoms with Crippen LogP contribution in [0.3, 0.4) is 0 Å². The predicted molar refractivity (Wildman–Crippen MR) is 64.9 cm³/mol. The monoisotopic (exact) mass is 237 g/mol. The van der Waals surface area contributed by atoms with E-state index >= 15 is 0 Å². The van der Waals surface area contributed by atoms with Crippen molar-refractivity contribution in [2.75, 3.05) is 6.61 Å². The Morgan fingerprint density at radius 3 is 2.71 bits per heavy atom. The van der Waals surface area contributed by atoms with Gasteiger partial charge < -0.3 is 9.84 Å². The fourth-order valence-electron chi connectivity index (χ4n) is 1.59. The van der Waals surface area contributed by atoms with Crippen LogP contribution in [0.15, 0.2) is 24.5 Å². The second-order valence-corrected chi connectivity index (χ2v) is 5.30. The van der Waals surface area contributed by atoms with Gasteiger partial charge in [-0.15, -0.1) is 0 Å². The highest BCUT2D eigenvalue weighted by Gasteiger charge is 2.25. The van der Waals surface area contributed by atoms with Gasteiger partial charge in [0.1, 0.15) is 12.4 Å². The van der Waals surface area contributed by atoms with Crippen molar-refractivity contribution in [3.05, 3.63) is 24.5 Å². The first-order chi connectivity index (χ1) is 7.88. The quantitative estimate of drug-likeness (QED) is 0.855. The van der Waals surface area contributed by atoms with Crippen LogP contribution >= 0.6 is 0 Å². The van der Waals surface area contributed by atoms with Crippen LogP contribution in [0.25, 0.3) is 0 Å². The number of nitrogens with zero attached hydrogens (tertiary/aromatic N) is 1. The fraction of sp³-hybridized carbons (Fsp3) is 0.538. The third-order valence-electron chi connectivity index (χ3n) is 2.29. The Hall–Kier alpha value is -1.58. The van der Waals surface area contributed by atoms with E-state index in [1.165, 1.54) is 0 Å². The molecule has 0 saturated heterocycles. The van der Waals surface area contributed by atoms with Gasteiger partial charge in [0, 0.05) is 6.20 Å². The number of hydrogen-bond acceptors (Lipinski definition) is 3. The van der Waals surface area contributed by atoms with Crippen LogP contribution < -0.4 is 4.74 Å². The Balaban J connectivity index is 2.54. The van der Waals surface area contributed by atoms with E-state index in [0.29, 0.717) is 12.2 Å². The first-order valence-electron chi connectivity index (χ1n) is 5.64. The number of carboxylic acid groups (broad SMARTS) is 1. The van der Waals surface area contributed by atoms with E-state index in [1.54, 1.807) is 24.5 Å². The number of rotatable bonds is 5. The highest BCUT2D eigenvalue weighted by molar-refractivity contribution is 5.70. The zero-order chi connectivity index (χ0) is 12.9. The molecule has 0 amide bonds. The molecule has 4 heteroatoms. The van der Waals surface area contributed by atoms with Crippen molar-refractivity contribution in [1.82, 2.24) is 4.98 Å². The van der Waals surface area contributed by atoms with Crippen LogP contribution in [0.2, 0.25) is 0 Å². The summed E-state index contributed by atoms with van der Waals surface area (Å²) in [4.78, 5) is 15.0. The molecule has 17 heavy (non-hydrogen) atoms. The van der Waals surface area contributed by atoms with Gasteiger partial charge >= 0.3 is 5.97 Å². The minimum atomic E-state index is -0.816. The maximum Gasteiger partial charge on any atom is 0.309 e. The van der Waals surface area contributed by atoms with Crippen molar-refractivity contribution in [1.29, 1.82) is 0 Å². The van der Waals surface area contributed by atoms with Crippen molar-refractivity contribution in [3.8, 4) is 5.75 Å².